The van der Waals surface area contributed by atoms with Crippen LogP contribution >= 0.6 is 0 Å². The van der Waals surface area contributed by atoms with E-state index in [1.165, 1.54) is 25.5 Å². The van der Waals surface area contributed by atoms with Gasteiger partial charge in [-0.15, -0.1) is 0 Å². The van der Waals surface area contributed by atoms with Crippen molar-refractivity contribution in [3.8, 4) is 0 Å². The summed E-state index contributed by atoms with van der Waals surface area (Å²) < 4.78 is 34.5. The molecule has 0 unspecified atom stereocenters. The van der Waals surface area contributed by atoms with E-state index >= 15 is 0 Å². The third kappa shape index (κ3) is 5.05. The van der Waals surface area contributed by atoms with E-state index in [1.807, 2.05) is 13.8 Å². The summed E-state index contributed by atoms with van der Waals surface area (Å²) in [4.78, 5) is 64.0. The smallest absolute Gasteiger partial charge is 0.331 e. The van der Waals surface area contributed by atoms with Gasteiger partial charge in [-0.25, -0.2) is 4.79 Å². The molecule has 1 aromatic rings. The fourth-order valence-corrected chi connectivity index (χ4v) is 8.80. The highest BCUT2D eigenvalue weighted by molar-refractivity contribution is 5.83. The van der Waals surface area contributed by atoms with Gasteiger partial charge in [0.15, 0.2) is 0 Å². The second-order valence-electron chi connectivity index (χ2n) is 14.1. The molecule has 1 N–H and O–H groups in total. The maximum atomic E-state index is 13.5. The Morgan fingerprint density at radius 3 is 2.52 bits per heavy atom. The Labute approximate surface area is 267 Å². The van der Waals surface area contributed by atoms with Crippen molar-refractivity contribution in [3.05, 3.63) is 48.5 Å². The van der Waals surface area contributed by atoms with Crippen LogP contribution in [0, 0.1) is 28.6 Å². The van der Waals surface area contributed by atoms with E-state index in [-0.39, 0.29) is 43.8 Å². The standard InChI is InChI=1S/C34H42O12/c1-18(2)12-27(39)45-30-29(43-17-35)28(31(5)10-8-25(37)46-32(6)16-42-26(38)14-23(31)32)19(3)34(40)24(44-20(4)36)13-22(33(30,34)7)21-9-11-41-15-21/h8-11,15,17-18,22-24,28-30,40H,3,12-14,16H2,1-2,4-7H3/t22-,23+,24-,28+,29+,30-,31-,32+,33+,34+/m0/s1. The monoisotopic (exact) mass is 642 g/mol. The maximum absolute atomic E-state index is 13.5. The number of esters is 4. The van der Waals surface area contributed by atoms with Crippen LogP contribution in [0.5, 0.6) is 0 Å². The van der Waals surface area contributed by atoms with Gasteiger partial charge in [0, 0.05) is 42.6 Å². The molecule has 3 heterocycles. The molecule has 4 aliphatic rings. The minimum Gasteiger partial charge on any atom is -0.472 e. The molecular weight excluding hydrogens is 600 g/mol. The minimum atomic E-state index is -2.07. The zero-order valence-corrected chi connectivity index (χ0v) is 27.0. The minimum absolute atomic E-state index is 0.0280. The van der Waals surface area contributed by atoms with Crippen LogP contribution in [0.15, 0.2) is 47.3 Å². The lowest BCUT2D eigenvalue weighted by atomic mass is 9.47. The van der Waals surface area contributed by atoms with Crippen molar-refractivity contribution in [2.45, 2.75) is 96.2 Å². The lowest BCUT2D eigenvalue weighted by molar-refractivity contribution is -0.240. The molecule has 0 spiro atoms. The van der Waals surface area contributed by atoms with Crippen molar-refractivity contribution in [2.24, 2.45) is 28.6 Å². The molecule has 2 saturated carbocycles. The number of furan rings is 1. The average molecular weight is 643 g/mol. The molecule has 3 fully saturated rings. The quantitative estimate of drug-likeness (QED) is 0.190. The van der Waals surface area contributed by atoms with Gasteiger partial charge in [0.2, 0.25) is 0 Å². The summed E-state index contributed by atoms with van der Waals surface area (Å²) >= 11 is 0. The predicted molar refractivity (Wildman–Crippen MR) is 158 cm³/mol. The summed E-state index contributed by atoms with van der Waals surface area (Å²) in [5.74, 6) is -5.02. The molecule has 10 atom stereocenters. The molecule has 1 aromatic heterocycles. The Morgan fingerprint density at radius 2 is 1.91 bits per heavy atom. The number of carbonyl (C=O) groups is 5. The van der Waals surface area contributed by atoms with Gasteiger partial charge in [-0.2, -0.15) is 0 Å². The molecule has 2 aliphatic heterocycles. The van der Waals surface area contributed by atoms with Crippen LogP contribution in [0.2, 0.25) is 0 Å². The summed E-state index contributed by atoms with van der Waals surface area (Å²) in [5, 5.41) is 13.2. The van der Waals surface area contributed by atoms with Gasteiger partial charge in [0.05, 0.1) is 24.4 Å². The number of carbonyl (C=O) groups excluding carboxylic acids is 5. The summed E-state index contributed by atoms with van der Waals surface area (Å²) in [7, 11) is 0. The van der Waals surface area contributed by atoms with Gasteiger partial charge in [-0.3, -0.25) is 19.2 Å². The SMILES string of the molecule is C=C1[C@@H]([C@@]2(C)C=CC(=O)O[C@]3(C)COC(=O)C[C@H]23)[C@@H](OC=O)[C@H](OC(=O)CC(C)C)[C@@]2(C)[C@H](c3ccoc3)C[C@H](OC(C)=O)[C@]12O. The number of fused-ring (bicyclic) bond motifs is 2. The third-order valence-electron chi connectivity index (χ3n) is 10.8. The molecular formula is C34H42O12. The lowest BCUT2D eigenvalue weighted by Gasteiger charge is -2.61. The second-order valence-corrected chi connectivity index (χ2v) is 14.1. The van der Waals surface area contributed by atoms with Crippen LogP contribution < -0.4 is 0 Å². The summed E-state index contributed by atoms with van der Waals surface area (Å²) in [6, 6.07) is 1.71. The van der Waals surface area contributed by atoms with Crippen molar-refractivity contribution in [1.29, 1.82) is 0 Å². The van der Waals surface area contributed by atoms with Crippen molar-refractivity contribution in [3.63, 3.8) is 0 Å². The summed E-state index contributed by atoms with van der Waals surface area (Å²) in [6.07, 6.45) is 1.93. The first-order chi connectivity index (χ1) is 21.5. The van der Waals surface area contributed by atoms with E-state index in [4.69, 9.17) is 28.1 Å². The normalized spacial score (nSPS) is 40.2. The Hall–Kier alpha value is -3.93. The largest absolute Gasteiger partial charge is 0.472 e. The van der Waals surface area contributed by atoms with Gasteiger partial charge in [0.25, 0.3) is 6.47 Å². The van der Waals surface area contributed by atoms with E-state index in [9.17, 15) is 29.1 Å². The highest BCUT2D eigenvalue weighted by atomic mass is 16.6. The van der Waals surface area contributed by atoms with Crippen LogP contribution in [-0.4, -0.2) is 71.6 Å². The van der Waals surface area contributed by atoms with Crippen LogP contribution in [0.3, 0.4) is 0 Å². The van der Waals surface area contributed by atoms with Crippen LogP contribution in [0.1, 0.15) is 72.3 Å². The molecule has 250 valence electrons. The van der Waals surface area contributed by atoms with Crippen LogP contribution in [0.25, 0.3) is 0 Å². The number of ether oxygens (including phenoxy) is 5. The summed E-state index contributed by atoms with van der Waals surface area (Å²) in [5.41, 5.74) is -5.41. The van der Waals surface area contributed by atoms with E-state index in [2.05, 4.69) is 6.58 Å². The molecule has 46 heavy (non-hydrogen) atoms. The topological polar surface area (TPSA) is 165 Å². The van der Waals surface area contributed by atoms with Crippen LogP contribution in [0.4, 0.5) is 0 Å². The lowest BCUT2D eigenvalue weighted by Crippen LogP contribution is -2.71. The average Bonchev–Trinajstić information content (AvgIpc) is 3.55. The van der Waals surface area contributed by atoms with E-state index in [1.54, 1.807) is 32.9 Å². The number of allylic oxidation sites excluding steroid dienone is 1. The number of rotatable bonds is 8. The third-order valence-corrected chi connectivity index (χ3v) is 10.8. The number of hydrogen-bond acceptors (Lipinski definition) is 12. The van der Waals surface area contributed by atoms with Gasteiger partial charge >= 0.3 is 23.9 Å². The maximum Gasteiger partial charge on any atom is 0.331 e. The zero-order valence-electron chi connectivity index (χ0n) is 27.0. The highest BCUT2D eigenvalue weighted by Gasteiger charge is 2.77. The predicted octanol–water partition coefficient (Wildman–Crippen LogP) is 3.56. The molecule has 0 bridgehead atoms. The number of cyclic esters (lactones) is 1. The molecule has 0 radical (unpaired) electrons. The van der Waals surface area contributed by atoms with E-state index in [0.717, 1.165) is 0 Å². The Kier molecular flexibility index (Phi) is 8.50. The van der Waals surface area contributed by atoms with Gasteiger partial charge in [0.1, 0.15) is 36.1 Å². The van der Waals surface area contributed by atoms with Gasteiger partial charge < -0.3 is 33.2 Å². The molecule has 0 aromatic carbocycles. The highest BCUT2D eigenvalue weighted by Crippen LogP contribution is 2.69. The molecule has 12 nitrogen and oxygen atoms in total. The first kappa shape index (κ1) is 33.4. The Bertz CT molecular complexity index is 1450. The van der Waals surface area contributed by atoms with E-state index in [0.29, 0.717) is 5.56 Å². The van der Waals surface area contributed by atoms with Crippen molar-refractivity contribution < 1.29 is 57.2 Å². The second kappa shape index (κ2) is 11.7. The van der Waals surface area contributed by atoms with Crippen LogP contribution in [-0.2, 0) is 47.7 Å². The Balaban J connectivity index is 1.79. The van der Waals surface area contributed by atoms with Crippen molar-refractivity contribution in [1.82, 2.24) is 0 Å². The zero-order chi connectivity index (χ0) is 33.8. The van der Waals surface area contributed by atoms with Gasteiger partial charge in [-0.05, 0) is 36.5 Å². The first-order valence-electron chi connectivity index (χ1n) is 15.5. The summed E-state index contributed by atoms with van der Waals surface area (Å²) in [6.45, 7) is 14.4. The van der Waals surface area contributed by atoms with Crippen molar-refractivity contribution in [2.75, 3.05) is 6.61 Å². The molecule has 5 rings (SSSR count). The fourth-order valence-electron chi connectivity index (χ4n) is 8.80. The Morgan fingerprint density at radius 1 is 1.20 bits per heavy atom. The molecule has 0 amide bonds. The fraction of sp³-hybridized carbons (Fsp3) is 0.618. The van der Waals surface area contributed by atoms with Crippen molar-refractivity contribution >= 4 is 30.3 Å². The number of aliphatic hydroxyl groups is 1. The van der Waals surface area contributed by atoms with E-state index < -0.39 is 82.0 Å². The molecule has 1 saturated heterocycles. The van der Waals surface area contributed by atoms with Gasteiger partial charge in [-0.1, -0.05) is 40.3 Å². The molecule has 2 aliphatic carbocycles. The first-order valence-corrected chi connectivity index (χ1v) is 15.5. The molecule has 12 heteroatoms. The number of hydrogen-bond donors (Lipinski definition) is 1.